The first-order chi connectivity index (χ1) is 7.26. The van der Waals surface area contributed by atoms with E-state index in [1.165, 1.54) is 11.8 Å². The molecule has 0 saturated heterocycles. The lowest BCUT2D eigenvalue weighted by Gasteiger charge is -2.07. The van der Waals surface area contributed by atoms with E-state index in [-0.39, 0.29) is 6.04 Å². The highest BCUT2D eigenvalue weighted by Gasteiger charge is 2.07. The fourth-order valence-corrected chi connectivity index (χ4v) is 1.87. The molecule has 0 radical (unpaired) electrons. The summed E-state index contributed by atoms with van der Waals surface area (Å²) in [5.74, 6) is 1.37. The number of rotatable bonds is 6. The molecule has 1 atom stereocenters. The third kappa shape index (κ3) is 4.32. The first kappa shape index (κ1) is 12.0. The van der Waals surface area contributed by atoms with Crippen LogP contribution in [0.4, 0.5) is 0 Å². The minimum absolute atomic E-state index is 0.0912. The molecule has 0 fully saturated rings. The smallest absolute Gasteiger partial charge is 0.276 e. The Labute approximate surface area is 93.3 Å². The summed E-state index contributed by atoms with van der Waals surface area (Å²) in [5, 5.41) is 20.0. The number of thioether (sulfide) groups is 1. The first-order valence-corrected chi connectivity index (χ1v) is 5.80. The van der Waals surface area contributed by atoms with E-state index in [2.05, 4.69) is 21.6 Å². The zero-order chi connectivity index (χ0) is 11.1. The molecular weight excluding hydrogens is 212 g/mol. The molecule has 0 aliphatic rings. The normalized spacial score (nSPS) is 12.3. The molecule has 1 heterocycles. The maximum Gasteiger partial charge on any atom is 0.276 e. The number of nitrogens with zero attached hydrogens (tertiary/aromatic N) is 3. The second-order valence-corrected chi connectivity index (χ2v) is 4.01. The molecule has 6 heteroatoms. The summed E-state index contributed by atoms with van der Waals surface area (Å²) in [7, 11) is 0. The van der Waals surface area contributed by atoms with E-state index in [0.717, 1.165) is 18.7 Å². The first-order valence-electron chi connectivity index (χ1n) is 4.82. The zero-order valence-electron chi connectivity index (χ0n) is 8.86. The van der Waals surface area contributed by atoms with E-state index in [9.17, 15) is 0 Å². The Hall–Kier alpha value is -1.06. The van der Waals surface area contributed by atoms with Crippen molar-refractivity contribution >= 4 is 11.8 Å². The van der Waals surface area contributed by atoms with Crippen LogP contribution in [0.5, 0.6) is 0 Å². The van der Waals surface area contributed by atoms with Gasteiger partial charge in [0.1, 0.15) is 0 Å². The number of hydrogen-bond acceptors (Lipinski definition) is 6. The van der Waals surface area contributed by atoms with Crippen molar-refractivity contribution in [2.45, 2.75) is 31.5 Å². The highest BCUT2D eigenvalue weighted by molar-refractivity contribution is 7.99. The van der Waals surface area contributed by atoms with Crippen molar-refractivity contribution in [1.29, 1.82) is 5.26 Å². The molecule has 82 valence electrons. The summed E-state index contributed by atoms with van der Waals surface area (Å²) in [6.45, 7) is 4.55. The lowest BCUT2D eigenvalue weighted by molar-refractivity contribution is 0.429. The number of nitrogens with one attached hydrogen (secondary N) is 1. The van der Waals surface area contributed by atoms with Gasteiger partial charge in [-0.2, -0.15) is 5.26 Å². The van der Waals surface area contributed by atoms with E-state index in [4.69, 9.17) is 9.68 Å². The van der Waals surface area contributed by atoms with Gasteiger partial charge in [0, 0.05) is 12.7 Å². The summed E-state index contributed by atoms with van der Waals surface area (Å²) in [5.41, 5.74) is 0. The molecule has 0 aliphatic carbocycles. The van der Waals surface area contributed by atoms with E-state index in [1.807, 2.05) is 6.92 Å². The molecule has 15 heavy (non-hydrogen) atoms. The van der Waals surface area contributed by atoms with E-state index < -0.39 is 0 Å². The fourth-order valence-electron chi connectivity index (χ4n) is 1.06. The maximum absolute atomic E-state index is 8.79. The Balaban J connectivity index is 2.24. The predicted octanol–water partition coefficient (Wildman–Crippen LogP) is 1.36. The van der Waals surface area contributed by atoms with Gasteiger partial charge in [-0.1, -0.05) is 18.7 Å². The Kier molecular flexibility index (Phi) is 5.15. The summed E-state index contributed by atoms with van der Waals surface area (Å²) in [6.07, 6.45) is 0.774. The molecule has 0 saturated carbocycles. The van der Waals surface area contributed by atoms with Crippen LogP contribution in [0.3, 0.4) is 0 Å². The topological polar surface area (TPSA) is 74.7 Å². The van der Waals surface area contributed by atoms with Gasteiger partial charge in [-0.25, -0.2) is 0 Å². The third-order valence-electron chi connectivity index (χ3n) is 1.75. The van der Waals surface area contributed by atoms with Crippen molar-refractivity contribution in [3.63, 3.8) is 0 Å². The highest BCUT2D eigenvalue weighted by atomic mass is 32.2. The van der Waals surface area contributed by atoms with Crippen LogP contribution in [0.15, 0.2) is 9.64 Å². The van der Waals surface area contributed by atoms with Crippen LogP contribution in [0.25, 0.3) is 0 Å². The van der Waals surface area contributed by atoms with Gasteiger partial charge in [0.2, 0.25) is 5.89 Å². The zero-order valence-corrected chi connectivity index (χ0v) is 9.67. The summed E-state index contributed by atoms with van der Waals surface area (Å²) < 4.78 is 5.20. The molecule has 1 aromatic heterocycles. The molecule has 5 nitrogen and oxygen atoms in total. The monoisotopic (exact) mass is 226 g/mol. The predicted molar refractivity (Wildman–Crippen MR) is 57.5 cm³/mol. The summed E-state index contributed by atoms with van der Waals surface area (Å²) in [6, 6.07) is 2.11. The van der Waals surface area contributed by atoms with Crippen LogP contribution in [0.1, 0.15) is 19.2 Å². The molecule has 0 spiro atoms. The largest absolute Gasteiger partial charge is 0.416 e. The van der Waals surface area contributed by atoms with Crippen molar-refractivity contribution in [2.75, 3.05) is 12.3 Å². The average molecular weight is 226 g/mol. The lowest BCUT2D eigenvalue weighted by atomic mass is 10.2. The molecule has 1 rings (SSSR count). The van der Waals surface area contributed by atoms with Gasteiger partial charge in [0.25, 0.3) is 5.22 Å². The molecular formula is C9H14N4OS. The van der Waals surface area contributed by atoms with Crippen molar-refractivity contribution in [1.82, 2.24) is 15.5 Å². The summed E-state index contributed by atoms with van der Waals surface area (Å²) in [4.78, 5) is 0. The maximum atomic E-state index is 8.79. The Morgan fingerprint density at radius 1 is 1.60 bits per heavy atom. The molecule has 0 bridgehead atoms. The quantitative estimate of drug-likeness (QED) is 0.738. The van der Waals surface area contributed by atoms with Crippen LogP contribution in [0, 0.1) is 18.3 Å². The second-order valence-electron chi connectivity index (χ2n) is 2.96. The van der Waals surface area contributed by atoms with Crippen molar-refractivity contribution in [3.05, 3.63) is 5.89 Å². The van der Waals surface area contributed by atoms with Crippen molar-refractivity contribution < 1.29 is 4.42 Å². The van der Waals surface area contributed by atoms with Crippen LogP contribution in [-0.4, -0.2) is 28.5 Å². The molecule has 0 aliphatic heterocycles. The number of nitriles is 1. The van der Waals surface area contributed by atoms with Crippen LogP contribution in [0.2, 0.25) is 0 Å². The van der Waals surface area contributed by atoms with Crippen molar-refractivity contribution in [3.8, 4) is 6.07 Å². The van der Waals surface area contributed by atoms with Gasteiger partial charge >= 0.3 is 0 Å². The Bertz CT molecular complexity index is 333. The summed E-state index contributed by atoms with van der Waals surface area (Å²) >= 11 is 1.48. The number of aryl methyl sites for hydroxylation is 1. The van der Waals surface area contributed by atoms with Gasteiger partial charge in [-0.15, -0.1) is 10.2 Å². The molecule has 0 aromatic carbocycles. The van der Waals surface area contributed by atoms with Gasteiger partial charge in [0.05, 0.1) is 12.1 Å². The van der Waals surface area contributed by atoms with E-state index in [0.29, 0.717) is 11.1 Å². The van der Waals surface area contributed by atoms with Gasteiger partial charge in [-0.3, -0.25) is 0 Å². The van der Waals surface area contributed by atoms with Crippen LogP contribution in [-0.2, 0) is 0 Å². The van der Waals surface area contributed by atoms with Crippen molar-refractivity contribution in [2.24, 2.45) is 0 Å². The van der Waals surface area contributed by atoms with Crippen LogP contribution < -0.4 is 5.32 Å². The van der Waals surface area contributed by atoms with Gasteiger partial charge < -0.3 is 9.73 Å². The molecule has 1 aromatic rings. The van der Waals surface area contributed by atoms with E-state index >= 15 is 0 Å². The van der Waals surface area contributed by atoms with Gasteiger partial charge in [-0.05, 0) is 13.0 Å². The lowest BCUT2D eigenvalue weighted by Crippen LogP contribution is -2.27. The minimum atomic E-state index is -0.0912. The molecule has 0 amide bonds. The second kappa shape index (κ2) is 6.43. The van der Waals surface area contributed by atoms with E-state index in [1.54, 1.807) is 6.92 Å². The Morgan fingerprint density at radius 2 is 2.40 bits per heavy atom. The van der Waals surface area contributed by atoms with Gasteiger partial charge in [0.15, 0.2) is 0 Å². The highest BCUT2D eigenvalue weighted by Crippen LogP contribution is 2.16. The molecule has 1 unspecified atom stereocenters. The SMILES string of the molecule is CCNC(C#N)CCSc1nnc(C)o1. The van der Waals surface area contributed by atoms with Crippen LogP contribution >= 0.6 is 11.8 Å². The average Bonchev–Trinajstić information content (AvgIpc) is 2.63. The number of hydrogen-bond donors (Lipinski definition) is 1. The Morgan fingerprint density at radius 3 is 2.93 bits per heavy atom. The fraction of sp³-hybridized carbons (Fsp3) is 0.667. The minimum Gasteiger partial charge on any atom is -0.416 e. The number of aromatic nitrogens is 2. The third-order valence-corrected chi connectivity index (χ3v) is 2.60. The molecule has 1 N–H and O–H groups in total. The standard InChI is InChI=1S/C9H14N4OS/c1-3-11-8(6-10)4-5-15-9-13-12-7(2)14-9/h8,11H,3-5H2,1-2H3.